The van der Waals surface area contributed by atoms with Gasteiger partial charge >= 0.3 is 0 Å². The first-order valence-corrected chi connectivity index (χ1v) is 6.72. The Balaban J connectivity index is 1.95. The van der Waals surface area contributed by atoms with Crippen molar-refractivity contribution in [1.82, 2.24) is 10.6 Å². The minimum Gasteiger partial charge on any atom is -0.355 e. The second-order valence-electron chi connectivity index (χ2n) is 4.77. The van der Waals surface area contributed by atoms with E-state index in [0.717, 1.165) is 17.5 Å². The average Bonchev–Trinajstić information content (AvgIpc) is 3.21. The SMILES string of the molecule is C#CCNC(=NC)NCC1(c2ccc(Cl)cc2)CC1. The lowest BCUT2D eigenvalue weighted by Gasteiger charge is -2.18. The van der Waals surface area contributed by atoms with Gasteiger partial charge in [0.2, 0.25) is 0 Å². The fourth-order valence-electron chi connectivity index (χ4n) is 2.13. The largest absolute Gasteiger partial charge is 0.355 e. The highest BCUT2D eigenvalue weighted by atomic mass is 35.5. The van der Waals surface area contributed by atoms with Gasteiger partial charge in [0.05, 0.1) is 6.54 Å². The Hall–Kier alpha value is -1.66. The monoisotopic (exact) mass is 275 g/mol. The molecule has 0 radical (unpaired) electrons. The molecule has 2 N–H and O–H groups in total. The van der Waals surface area contributed by atoms with E-state index in [9.17, 15) is 0 Å². The van der Waals surface area contributed by atoms with Crippen molar-refractivity contribution < 1.29 is 0 Å². The van der Waals surface area contributed by atoms with Crippen molar-refractivity contribution >= 4 is 17.6 Å². The topological polar surface area (TPSA) is 36.4 Å². The third-order valence-corrected chi connectivity index (χ3v) is 3.74. The van der Waals surface area contributed by atoms with Gasteiger partial charge in [-0.25, -0.2) is 0 Å². The van der Waals surface area contributed by atoms with Crippen LogP contribution in [0.3, 0.4) is 0 Å². The zero-order chi connectivity index (χ0) is 13.7. The first kappa shape index (κ1) is 13.8. The van der Waals surface area contributed by atoms with Crippen LogP contribution in [-0.2, 0) is 5.41 Å². The van der Waals surface area contributed by atoms with Crippen LogP contribution in [0.2, 0.25) is 5.02 Å². The maximum absolute atomic E-state index is 5.93. The summed E-state index contributed by atoms with van der Waals surface area (Å²) in [6, 6.07) is 8.11. The zero-order valence-electron chi connectivity index (χ0n) is 11.0. The molecule has 1 saturated carbocycles. The average molecular weight is 276 g/mol. The Labute approximate surface area is 119 Å². The number of hydrogen-bond acceptors (Lipinski definition) is 1. The highest BCUT2D eigenvalue weighted by Crippen LogP contribution is 2.47. The second-order valence-corrected chi connectivity index (χ2v) is 5.21. The van der Waals surface area contributed by atoms with Crippen molar-refractivity contribution in [3.63, 3.8) is 0 Å². The molecule has 19 heavy (non-hydrogen) atoms. The Morgan fingerprint density at radius 1 is 1.37 bits per heavy atom. The summed E-state index contributed by atoms with van der Waals surface area (Å²) in [6.45, 7) is 1.34. The second kappa shape index (κ2) is 5.99. The summed E-state index contributed by atoms with van der Waals surface area (Å²) in [7, 11) is 1.74. The van der Waals surface area contributed by atoms with Gasteiger partial charge in [0, 0.05) is 24.0 Å². The summed E-state index contributed by atoms with van der Waals surface area (Å²) in [4.78, 5) is 4.14. The predicted molar refractivity (Wildman–Crippen MR) is 80.6 cm³/mol. The van der Waals surface area contributed by atoms with E-state index in [2.05, 4.69) is 33.7 Å². The lowest BCUT2D eigenvalue weighted by molar-refractivity contribution is 0.649. The first-order valence-electron chi connectivity index (χ1n) is 6.34. The van der Waals surface area contributed by atoms with E-state index in [0.29, 0.717) is 6.54 Å². The molecule has 0 saturated heterocycles. The standard InChI is InChI=1S/C15H18ClN3/c1-3-10-18-14(17-2)19-11-15(8-9-15)12-4-6-13(16)7-5-12/h1,4-7H,8-11H2,2H3,(H2,17,18,19). The predicted octanol–water partition coefficient (Wildman–Crippen LogP) is 2.17. The van der Waals surface area contributed by atoms with E-state index >= 15 is 0 Å². The molecule has 1 aromatic carbocycles. The van der Waals surface area contributed by atoms with Gasteiger partial charge in [-0.2, -0.15) is 0 Å². The molecule has 0 aliphatic heterocycles. The molecule has 0 bridgehead atoms. The van der Waals surface area contributed by atoms with Crippen LogP contribution < -0.4 is 10.6 Å². The highest BCUT2D eigenvalue weighted by molar-refractivity contribution is 6.30. The maximum Gasteiger partial charge on any atom is 0.191 e. The van der Waals surface area contributed by atoms with E-state index in [4.69, 9.17) is 18.0 Å². The minimum absolute atomic E-state index is 0.221. The molecule has 1 aliphatic carbocycles. The normalized spacial score (nSPS) is 16.6. The van der Waals surface area contributed by atoms with E-state index < -0.39 is 0 Å². The number of terminal acetylenes is 1. The van der Waals surface area contributed by atoms with Crippen LogP contribution in [0.1, 0.15) is 18.4 Å². The van der Waals surface area contributed by atoms with Gasteiger partial charge in [-0.1, -0.05) is 29.7 Å². The summed E-state index contributed by atoms with van der Waals surface area (Å²) in [5.74, 6) is 3.28. The fourth-order valence-corrected chi connectivity index (χ4v) is 2.26. The molecule has 0 unspecified atom stereocenters. The van der Waals surface area contributed by atoms with Crippen molar-refractivity contribution in [2.45, 2.75) is 18.3 Å². The number of halogens is 1. The molecule has 4 heteroatoms. The third kappa shape index (κ3) is 3.42. The van der Waals surface area contributed by atoms with Gasteiger partial charge < -0.3 is 10.6 Å². The molecule has 0 spiro atoms. The Morgan fingerprint density at radius 2 is 2.05 bits per heavy atom. The van der Waals surface area contributed by atoms with Gasteiger partial charge in [-0.05, 0) is 30.5 Å². The van der Waals surface area contributed by atoms with Crippen molar-refractivity contribution in [3.05, 3.63) is 34.9 Å². The summed E-state index contributed by atoms with van der Waals surface area (Å²) in [6.07, 6.45) is 7.60. The van der Waals surface area contributed by atoms with Crippen molar-refractivity contribution in [1.29, 1.82) is 0 Å². The van der Waals surface area contributed by atoms with Gasteiger partial charge in [-0.15, -0.1) is 6.42 Å². The number of benzene rings is 1. The third-order valence-electron chi connectivity index (χ3n) is 3.49. The summed E-state index contributed by atoms with van der Waals surface area (Å²) < 4.78 is 0. The van der Waals surface area contributed by atoms with Crippen LogP contribution >= 0.6 is 11.6 Å². The minimum atomic E-state index is 0.221. The maximum atomic E-state index is 5.93. The quantitative estimate of drug-likeness (QED) is 0.502. The number of nitrogens with one attached hydrogen (secondary N) is 2. The Bertz CT molecular complexity index is 495. The molecule has 1 aliphatic rings. The van der Waals surface area contributed by atoms with Crippen LogP contribution in [0.15, 0.2) is 29.3 Å². The van der Waals surface area contributed by atoms with Gasteiger partial charge in [0.15, 0.2) is 5.96 Å². The molecule has 1 fully saturated rings. The molecule has 3 nitrogen and oxygen atoms in total. The molecule has 2 rings (SSSR count). The van der Waals surface area contributed by atoms with Crippen LogP contribution in [-0.4, -0.2) is 26.1 Å². The lowest BCUT2D eigenvalue weighted by atomic mass is 9.96. The number of nitrogens with zero attached hydrogens (tertiary/aromatic N) is 1. The smallest absolute Gasteiger partial charge is 0.191 e. The van der Waals surface area contributed by atoms with E-state index in [1.165, 1.54) is 18.4 Å². The number of hydrogen-bond donors (Lipinski definition) is 2. The van der Waals surface area contributed by atoms with E-state index in [1.807, 2.05) is 12.1 Å². The lowest BCUT2D eigenvalue weighted by Crippen LogP contribution is -2.41. The van der Waals surface area contributed by atoms with E-state index in [1.54, 1.807) is 7.05 Å². The van der Waals surface area contributed by atoms with E-state index in [-0.39, 0.29) is 5.41 Å². The van der Waals surface area contributed by atoms with Crippen LogP contribution in [0.5, 0.6) is 0 Å². The fraction of sp³-hybridized carbons (Fsp3) is 0.400. The number of rotatable bonds is 4. The number of guanidine groups is 1. The summed E-state index contributed by atoms with van der Waals surface area (Å²) in [5, 5.41) is 7.17. The van der Waals surface area contributed by atoms with Gasteiger partial charge in [0.25, 0.3) is 0 Å². The van der Waals surface area contributed by atoms with Crippen molar-refractivity contribution in [2.75, 3.05) is 20.1 Å². The van der Waals surface area contributed by atoms with Crippen molar-refractivity contribution in [3.8, 4) is 12.3 Å². The summed E-state index contributed by atoms with van der Waals surface area (Å²) in [5.41, 5.74) is 1.55. The Morgan fingerprint density at radius 3 is 2.58 bits per heavy atom. The molecule has 0 aromatic heterocycles. The molecular weight excluding hydrogens is 258 g/mol. The molecule has 0 amide bonds. The Kier molecular flexibility index (Phi) is 4.34. The van der Waals surface area contributed by atoms with Crippen molar-refractivity contribution in [2.24, 2.45) is 4.99 Å². The first-order chi connectivity index (χ1) is 9.20. The van der Waals surface area contributed by atoms with Crippen LogP contribution in [0.25, 0.3) is 0 Å². The van der Waals surface area contributed by atoms with Gasteiger partial charge in [0.1, 0.15) is 0 Å². The molecular formula is C15H18ClN3. The van der Waals surface area contributed by atoms with Crippen LogP contribution in [0.4, 0.5) is 0 Å². The molecule has 1 aromatic rings. The molecule has 100 valence electrons. The number of aliphatic imine (C=N–C) groups is 1. The molecule has 0 heterocycles. The highest BCUT2D eigenvalue weighted by Gasteiger charge is 2.44. The van der Waals surface area contributed by atoms with Gasteiger partial charge in [-0.3, -0.25) is 4.99 Å². The van der Waals surface area contributed by atoms with Crippen LogP contribution in [0, 0.1) is 12.3 Å². The summed E-state index contributed by atoms with van der Waals surface area (Å²) >= 11 is 5.93. The zero-order valence-corrected chi connectivity index (χ0v) is 11.8. The molecule has 0 atom stereocenters.